The van der Waals surface area contributed by atoms with Crippen molar-refractivity contribution in [3.63, 3.8) is 0 Å². The quantitative estimate of drug-likeness (QED) is 0.902. The van der Waals surface area contributed by atoms with Crippen LogP contribution in [0.25, 0.3) is 0 Å². The van der Waals surface area contributed by atoms with Gasteiger partial charge in [-0.2, -0.15) is 4.98 Å². The molecule has 128 valence electrons. The van der Waals surface area contributed by atoms with Crippen molar-refractivity contribution in [2.45, 2.75) is 6.92 Å². The summed E-state index contributed by atoms with van der Waals surface area (Å²) in [7, 11) is 3.26. The van der Waals surface area contributed by atoms with Crippen molar-refractivity contribution >= 4 is 17.5 Å². The lowest BCUT2D eigenvalue weighted by atomic mass is 10.2. The zero-order valence-electron chi connectivity index (χ0n) is 14.2. The van der Waals surface area contributed by atoms with E-state index in [-0.39, 0.29) is 0 Å². The zero-order chi connectivity index (χ0) is 16.9. The highest BCUT2D eigenvalue weighted by atomic mass is 16.5. The van der Waals surface area contributed by atoms with Gasteiger partial charge in [0.15, 0.2) is 0 Å². The Morgan fingerprint density at radius 1 is 1.08 bits per heavy atom. The van der Waals surface area contributed by atoms with Crippen LogP contribution in [0.2, 0.25) is 0 Å². The molecule has 1 aliphatic heterocycles. The van der Waals surface area contributed by atoms with Crippen LogP contribution < -0.4 is 19.7 Å². The van der Waals surface area contributed by atoms with Crippen LogP contribution in [0.4, 0.5) is 17.5 Å². The molecular weight excluding hydrogens is 308 g/mol. The molecule has 3 rings (SSSR count). The molecule has 2 heterocycles. The number of nitrogens with zero attached hydrogens (tertiary/aromatic N) is 3. The molecule has 0 saturated carbocycles. The van der Waals surface area contributed by atoms with Crippen LogP contribution >= 0.6 is 0 Å². The summed E-state index contributed by atoms with van der Waals surface area (Å²) in [5.41, 5.74) is 1.66. The fraction of sp³-hybridized carbons (Fsp3) is 0.412. The predicted octanol–water partition coefficient (Wildman–Crippen LogP) is 2.38. The summed E-state index contributed by atoms with van der Waals surface area (Å²) in [6.07, 6.45) is 0. The van der Waals surface area contributed by atoms with Crippen LogP contribution in [-0.4, -0.2) is 50.5 Å². The van der Waals surface area contributed by atoms with E-state index in [2.05, 4.69) is 20.2 Å². The van der Waals surface area contributed by atoms with E-state index in [0.29, 0.717) is 11.7 Å². The Labute approximate surface area is 141 Å². The number of anilines is 3. The molecule has 0 bridgehead atoms. The Bertz CT molecular complexity index is 702. The van der Waals surface area contributed by atoms with Crippen molar-refractivity contribution in [1.82, 2.24) is 9.97 Å². The number of hydrogen-bond donors (Lipinski definition) is 1. The maximum Gasteiger partial charge on any atom is 0.229 e. The normalized spacial score (nSPS) is 14.4. The molecule has 0 amide bonds. The van der Waals surface area contributed by atoms with E-state index in [4.69, 9.17) is 14.2 Å². The molecule has 0 radical (unpaired) electrons. The molecule has 1 aromatic carbocycles. The fourth-order valence-corrected chi connectivity index (χ4v) is 2.59. The summed E-state index contributed by atoms with van der Waals surface area (Å²) in [6.45, 7) is 5.06. The minimum atomic E-state index is 0.531. The first kappa shape index (κ1) is 16.3. The van der Waals surface area contributed by atoms with Gasteiger partial charge in [-0.25, -0.2) is 4.98 Å². The number of rotatable bonds is 5. The topological polar surface area (TPSA) is 68.7 Å². The summed E-state index contributed by atoms with van der Waals surface area (Å²) >= 11 is 0. The number of nitrogens with one attached hydrogen (secondary N) is 1. The largest absolute Gasteiger partial charge is 0.497 e. The van der Waals surface area contributed by atoms with Gasteiger partial charge >= 0.3 is 0 Å². The lowest BCUT2D eigenvalue weighted by Crippen LogP contribution is -2.36. The fourth-order valence-electron chi connectivity index (χ4n) is 2.59. The van der Waals surface area contributed by atoms with E-state index in [1.54, 1.807) is 14.2 Å². The van der Waals surface area contributed by atoms with Crippen molar-refractivity contribution in [2.75, 3.05) is 50.7 Å². The summed E-state index contributed by atoms with van der Waals surface area (Å²) in [6, 6.07) is 7.54. The van der Waals surface area contributed by atoms with Gasteiger partial charge in [-0.15, -0.1) is 0 Å². The minimum absolute atomic E-state index is 0.531. The molecule has 1 aliphatic rings. The van der Waals surface area contributed by atoms with E-state index in [1.807, 2.05) is 31.2 Å². The third-order valence-corrected chi connectivity index (χ3v) is 3.83. The minimum Gasteiger partial charge on any atom is -0.497 e. The average Bonchev–Trinajstić information content (AvgIpc) is 2.62. The second-order valence-corrected chi connectivity index (χ2v) is 5.48. The summed E-state index contributed by atoms with van der Waals surface area (Å²) in [5.74, 6) is 2.87. The first-order valence-corrected chi connectivity index (χ1v) is 7.87. The molecule has 24 heavy (non-hydrogen) atoms. The third kappa shape index (κ3) is 3.68. The van der Waals surface area contributed by atoms with Gasteiger partial charge in [0.05, 0.1) is 33.1 Å². The number of ether oxygens (including phenoxy) is 3. The highest BCUT2D eigenvalue weighted by Crippen LogP contribution is 2.31. The van der Waals surface area contributed by atoms with Crippen LogP contribution in [0.3, 0.4) is 0 Å². The van der Waals surface area contributed by atoms with Crippen molar-refractivity contribution in [1.29, 1.82) is 0 Å². The number of methoxy groups -OCH3 is 2. The second kappa shape index (κ2) is 7.35. The monoisotopic (exact) mass is 330 g/mol. The third-order valence-electron chi connectivity index (χ3n) is 3.83. The SMILES string of the molecule is COc1ccc(OC)c(Nc2nc(C)cc(N3CCOCC3)n2)c1. The maximum atomic E-state index is 5.40. The Morgan fingerprint density at radius 2 is 1.88 bits per heavy atom. The number of hydrogen-bond acceptors (Lipinski definition) is 7. The molecule has 1 N–H and O–H groups in total. The molecule has 0 unspecified atom stereocenters. The molecule has 0 spiro atoms. The van der Waals surface area contributed by atoms with Crippen LogP contribution in [-0.2, 0) is 4.74 Å². The van der Waals surface area contributed by atoms with Gasteiger partial charge in [-0.1, -0.05) is 0 Å². The summed E-state index contributed by atoms with van der Waals surface area (Å²) in [4.78, 5) is 11.3. The van der Waals surface area contributed by atoms with Gasteiger partial charge in [0.25, 0.3) is 0 Å². The zero-order valence-corrected chi connectivity index (χ0v) is 14.2. The molecule has 0 aliphatic carbocycles. The van der Waals surface area contributed by atoms with Gasteiger partial charge in [0, 0.05) is 30.9 Å². The molecule has 7 nitrogen and oxygen atoms in total. The van der Waals surface area contributed by atoms with E-state index in [1.165, 1.54) is 0 Å². The van der Waals surface area contributed by atoms with Gasteiger partial charge in [0.2, 0.25) is 5.95 Å². The molecule has 7 heteroatoms. The first-order chi connectivity index (χ1) is 11.7. The molecule has 1 saturated heterocycles. The standard InChI is InChI=1S/C17H22N4O3/c1-12-10-16(21-6-8-24-9-7-21)20-17(18-12)19-14-11-13(22-2)4-5-15(14)23-3/h4-5,10-11H,6-9H2,1-3H3,(H,18,19,20). The van der Waals surface area contributed by atoms with Gasteiger partial charge < -0.3 is 24.4 Å². The van der Waals surface area contributed by atoms with E-state index in [9.17, 15) is 0 Å². The van der Waals surface area contributed by atoms with Gasteiger partial charge in [0.1, 0.15) is 17.3 Å². The Kier molecular flexibility index (Phi) is 5.00. The predicted molar refractivity (Wildman–Crippen MR) is 92.6 cm³/mol. The van der Waals surface area contributed by atoms with Crippen LogP contribution in [0.5, 0.6) is 11.5 Å². The number of morpholine rings is 1. The van der Waals surface area contributed by atoms with Crippen molar-refractivity contribution in [2.24, 2.45) is 0 Å². The van der Waals surface area contributed by atoms with Crippen LogP contribution in [0.1, 0.15) is 5.69 Å². The summed E-state index contributed by atoms with van der Waals surface area (Å²) < 4.78 is 16.1. The Balaban J connectivity index is 1.88. The van der Waals surface area contributed by atoms with Crippen molar-refractivity contribution in [3.05, 3.63) is 30.0 Å². The van der Waals surface area contributed by atoms with Gasteiger partial charge in [-0.3, -0.25) is 0 Å². The highest BCUT2D eigenvalue weighted by molar-refractivity contribution is 5.65. The number of benzene rings is 1. The molecule has 2 aromatic rings. The van der Waals surface area contributed by atoms with E-state index in [0.717, 1.165) is 49.3 Å². The van der Waals surface area contributed by atoms with E-state index < -0.39 is 0 Å². The van der Waals surface area contributed by atoms with Crippen molar-refractivity contribution in [3.8, 4) is 11.5 Å². The first-order valence-electron chi connectivity index (χ1n) is 7.87. The average molecular weight is 330 g/mol. The Morgan fingerprint density at radius 3 is 2.58 bits per heavy atom. The Hall–Kier alpha value is -2.54. The molecular formula is C17H22N4O3. The lowest BCUT2D eigenvalue weighted by molar-refractivity contribution is 0.122. The van der Waals surface area contributed by atoms with Gasteiger partial charge in [-0.05, 0) is 19.1 Å². The second-order valence-electron chi connectivity index (χ2n) is 5.48. The van der Waals surface area contributed by atoms with Crippen LogP contribution in [0.15, 0.2) is 24.3 Å². The molecule has 1 fully saturated rings. The number of aryl methyl sites for hydroxylation is 1. The smallest absolute Gasteiger partial charge is 0.229 e. The summed E-state index contributed by atoms with van der Waals surface area (Å²) in [5, 5.41) is 3.23. The van der Waals surface area contributed by atoms with Crippen molar-refractivity contribution < 1.29 is 14.2 Å². The van der Waals surface area contributed by atoms with Crippen LogP contribution in [0, 0.1) is 6.92 Å². The molecule has 1 aromatic heterocycles. The van der Waals surface area contributed by atoms with E-state index >= 15 is 0 Å². The highest BCUT2D eigenvalue weighted by Gasteiger charge is 2.15. The maximum absolute atomic E-state index is 5.40. The number of aromatic nitrogens is 2. The molecule has 0 atom stereocenters. The lowest BCUT2D eigenvalue weighted by Gasteiger charge is -2.28.